The molecule has 3 aromatic rings. The molecule has 1 heterocycles. The van der Waals surface area contributed by atoms with Crippen LogP contribution in [0.1, 0.15) is 5.56 Å². The van der Waals surface area contributed by atoms with Gasteiger partial charge in [-0.1, -0.05) is 30.3 Å². The number of hydrogen-bond acceptors (Lipinski definition) is 3. The number of anilines is 1. The molecule has 0 aliphatic rings. The maximum absolute atomic E-state index is 5.44. The fourth-order valence-corrected chi connectivity index (χ4v) is 3.42. The molecule has 1 aromatic heterocycles. The van der Waals surface area contributed by atoms with Crippen molar-refractivity contribution in [1.29, 1.82) is 0 Å². The van der Waals surface area contributed by atoms with Gasteiger partial charge in [0.15, 0.2) is 3.95 Å². The molecule has 0 fully saturated rings. The lowest BCUT2D eigenvalue weighted by molar-refractivity contribution is 0.806. The molecule has 0 unspecified atom stereocenters. The van der Waals surface area contributed by atoms with Crippen molar-refractivity contribution in [3.8, 4) is 0 Å². The zero-order valence-corrected chi connectivity index (χ0v) is 12.2. The van der Waals surface area contributed by atoms with Crippen molar-refractivity contribution in [3.63, 3.8) is 0 Å². The number of aryl methyl sites for hydroxylation is 1. The van der Waals surface area contributed by atoms with Gasteiger partial charge < -0.3 is 9.88 Å². The highest BCUT2D eigenvalue weighted by molar-refractivity contribution is 7.73. The van der Waals surface area contributed by atoms with E-state index in [4.69, 9.17) is 12.2 Å². The van der Waals surface area contributed by atoms with E-state index in [0.717, 1.165) is 9.64 Å². The maximum Gasteiger partial charge on any atom is 0.163 e. The highest BCUT2D eigenvalue weighted by Crippen LogP contribution is 2.23. The minimum Gasteiger partial charge on any atom is -0.367 e. The van der Waals surface area contributed by atoms with Crippen molar-refractivity contribution >= 4 is 39.5 Å². The lowest BCUT2D eigenvalue weighted by atomic mass is 10.2. The Labute approximate surface area is 121 Å². The van der Waals surface area contributed by atoms with Crippen LogP contribution in [0, 0.1) is 10.9 Å². The standard InChI is InChI=1S/C15H14N2S2/c1-11-6-2-3-7-12(11)16-10-17-13-8-4-5-9-14(13)19-15(17)18/h2-9,16H,10H2,1H3. The van der Waals surface area contributed by atoms with Gasteiger partial charge in [0, 0.05) is 5.69 Å². The van der Waals surface area contributed by atoms with Crippen LogP contribution in [0.3, 0.4) is 0 Å². The zero-order valence-electron chi connectivity index (χ0n) is 10.6. The van der Waals surface area contributed by atoms with Crippen LogP contribution in [-0.4, -0.2) is 4.57 Å². The van der Waals surface area contributed by atoms with E-state index in [1.165, 1.54) is 15.8 Å². The van der Waals surface area contributed by atoms with Crippen LogP contribution in [0.15, 0.2) is 48.5 Å². The summed E-state index contributed by atoms with van der Waals surface area (Å²) in [6.07, 6.45) is 0. The van der Waals surface area contributed by atoms with E-state index in [1.807, 2.05) is 24.3 Å². The molecule has 0 spiro atoms. The van der Waals surface area contributed by atoms with Gasteiger partial charge in [0.2, 0.25) is 0 Å². The van der Waals surface area contributed by atoms with Gasteiger partial charge >= 0.3 is 0 Å². The summed E-state index contributed by atoms with van der Waals surface area (Å²) in [5.41, 5.74) is 3.59. The molecule has 2 aromatic carbocycles. The topological polar surface area (TPSA) is 17.0 Å². The fourth-order valence-electron chi connectivity index (χ4n) is 2.10. The first-order valence-electron chi connectivity index (χ1n) is 6.13. The Bertz CT molecular complexity index is 771. The van der Waals surface area contributed by atoms with E-state index < -0.39 is 0 Å². The monoisotopic (exact) mass is 286 g/mol. The van der Waals surface area contributed by atoms with Gasteiger partial charge in [-0.3, -0.25) is 0 Å². The average molecular weight is 286 g/mol. The van der Waals surface area contributed by atoms with E-state index in [1.54, 1.807) is 11.3 Å². The highest BCUT2D eigenvalue weighted by atomic mass is 32.1. The Morgan fingerprint density at radius 3 is 2.68 bits per heavy atom. The zero-order chi connectivity index (χ0) is 13.2. The number of thiazole rings is 1. The van der Waals surface area contributed by atoms with Crippen LogP contribution in [0.25, 0.3) is 10.2 Å². The van der Waals surface area contributed by atoms with Gasteiger partial charge in [-0.05, 0) is 42.9 Å². The average Bonchev–Trinajstić information content (AvgIpc) is 2.74. The molecule has 96 valence electrons. The van der Waals surface area contributed by atoms with Gasteiger partial charge in [-0.15, -0.1) is 11.3 Å². The second-order valence-corrected chi connectivity index (χ2v) is 6.09. The van der Waals surface area contributed by atoms with E-state index in [9.17, 15) is 0 Å². The van der Waals surface area contributed by atoms with Crippen molar-refractivity contribution in [2.24, 2.45) is 0 Å². The van der Waals surface area contributed by atoms with Crippen molar-refractivity contribution < 1.29 is 0 Å². The van der Waals surface area contributed by atoms with Gasteiger partial charge in [-0.25, -0.2) is 0 Å². The third kappa shape index (κ3) is 2.41. The summed E-state index contributed by atoms with van der Waals surface area (Å²) in [5, 5.41) is 3.45. The summed E-state index contributed by atoms with van der Waals surface area (Å²) >= 11 is 7.10. The Morgan fingerprint density at radius 1 is 1.11 bits per heavy atom. The Balaban J connectivity index is 1.92. The van der Waals surface area contributed by atoms with Crippen molar-refractivity contribution in [3.05, 3.63) is 58.0 Å². The second-order valence-electron chi connectivity index (χ2n) is 4.41. The van der Waals surface area contributed by atoms with Gasteiger partial charge in [-0.2, -0.15) is 0 Å². The molecule has 0 amide bonds. The lowest BCUT2D eigenvalue weighted by Crippen LogP contribution is -2.08. The number of fused-ring (bicyclic) bond motifs is 1. The second kappa shape index (κ2) is 5.15. The van der Waals surface area contributed by atoms with Crippen LogP contribution in [0.5, 0.6) is 0 Å². The molecule has 0 aliphatic heterocycles. The van der Waals surface area contributed by atoms with Crippen molar-refractivity contribution in [2.45, 2.75) is 13.6 Å². The summed E-state index contributed by atoms with van der Waals surface area (Å²) in [6.45, 7) is 2.81. The molecule has 4 heteroatoms. The first-order valence-corrected chi connectivity index (χ1v) is 7.36. The van der Waals surface area contributed by atoms with E-state index in [2.05, 4.69) is 41.1 Å². The van der Waals surface area contributed by atoms with Crippen LogP contribution in [0.4, 0.5) is 5.69 Å². The normalized spacial score (nSPS) is 10.8. The lowest BCUT2D eigenvalue weighted by Gasteiger charge is -2.10. The van der Waals surface area contributed by atoms with Crippen molar-refractivity contribution in [2.75, 3.05) is 5.32 Å². The smallest absolute Gasteiger partial charge is 0.163 e. The molecular formula is C15H14N2S2. The molecule has 0 radical (unpaired) electrons. The van der Waals surface area contributed by atoms with E-state index >= 15 is 0 Å². The predicted molar refractivity (Wildman–Crippen MR) is 85.5 cm³/mol. The predicted octanol–water partition coefficient (Wildman–Crippen LogP) is 4.81. The first-order chi connectivity index (χ1) is 9.25. The third-order valence-corrected chi connectivity index (χ3v) is 4.58. The SMILES string of the molecule is Cc1ccccc1NCn1c(=S)sc2ccccc21. The number of para-hydroxylation sites is 2. The Kier molecular flexibility index (Phi) is 3.36. The molecule has 19 heavy (non-hydrogen) atoms. The summed E-state index contributed by atoms with van der Waals surface area (Å²) < 4.78 is 4.28. The Hall–Kier alpha value is -1.65. The molecule has 0 saturated carbocycles. The molecule has 0 atom stereocenters. The Morgan fingerprint density at radius 2 is 1.84 bits per heavy atom. The molecule has 0 bridgehead atoms. The van der Waals surface area contributed by atoms with Crippen LogP contribution >= 0.6 is 23.6 Å². The molecule has 2 nitrogen and oxygen atoms in total. The van der Waals surface area contributed by atoms with Gasteiger partial charge in [0.25, 0.3) is 0 Å². The number of benzene rings is 2. The van der Waals surface area contributed by atoms with Gasteiger partial charge in [0.1, 0.15) is 0 Å². The van der Waals surface area contributed by atoms with Crippen LogP contribution < -0.4 is 5.32 Å². The molecule has 3 rings (SSSR count). The number of rotatable bonds is 3. The fraction of sp³-hybridized carbons (Fsp3) is 0.133. The molecular weight excluding hydrogens is 272 g/mol. The van der Waals surface area contributed by atoms with Crippen LogP contribution in [-0.2, 0) is 6.67 Å². The van der Waals surface area contributed by atoms with Gasteiger partial charge in [0.05, 0.1) is 16.9 Å². The maximum atomic E-state index is 5.44. The highest BCUT2D eigenvalue weighted by Gasteiger charge is 2.04. The third-order valence-electron chi connectivity index (χ3n) is 3.15. The number of nitrogens with one attached hydrogen (secondary N) is 1. The number of nitrogens with zero attached hydrogens (tertiary/aromatic N) is 1. The van der Waals surface area contributed by atoms with E-state index in [-0.39, 0.29) is 0 Å². The van der Waals surface area contributed by atoms with Crippen molar-refractivity contribution in [1.82, 2.24) is 4.57 Å². The molecule has 0 saturated heterocycles. The minimum atomic E-state index is 0.702. The summed E-state index contributed by atoms with van der Waals surface area (Å²) in [5.74, 6) is 0. The molecule has 0 aliphatic carbocycles. The summed E-state index contributed by atoms with van der Waals surface area (Å²) in [6, 6.07) is 16.6. The number of aromatic nitrogens is 1. The van der Waals surface area contributed by atoms with E-state index in [0.29, 0.717) is 6.67 Å². The number of hydrogen-bond donors (Lipinski definition) is 1. The first kappa shape index (κ1) is 12.4. The summed E-state index contributed by atoms with van der Waals surface area (Å²) in [7, 11) is 0. The van der Waals surface area contributed by atoms with Crippen LogP contribution in [0.2, 0.25) is 0 Å². The largest absolute Gasteiger partial charge is 0.367 e. The summed E-state index contributed by atoms with van der Waals surface area (Å²) in [4.78, 5) is 0. The quantitative estimate of drug-likeness (QED) is 0.696. The molecule has 1 N–H and O–H groups in total. The minimum absolute atomic E-state index is 0.702.